The summed E-state index contributed by atoms with van der Waals surface area (Å²) in [6, 6.07) is 0. The second kappa shape index (κ2) is 4.37. The molecule has 2 aromatic heterocycles. The standard InChI is InChI=1S/C15H17F2N3O3/c1-13(2,3)12-18-8(7-21-12)10-19-11(20-23-10)14-9(15(14,16)17)5-4-6-22-14/h7,9H,4-6H2,1-3H3. The first-order valence-electron chi connectivity index (χ1n) is 7.59. The van der Waals surface area contributed by atoms with Gasteiger partial charge >= 0.3 is 0 Å². The number of hydrogen-bond donors (Lipinski definition) is 0. The highest BCUT2D eigenvalue weighted by Gasteiger charge is 2.85. The van der Waals surface area contributed by atoms with E-state index in [4.69, 9.17) is 13.7 Å². The maximum atomic E-state index is 14.1. The van der Waals surface area contributed by atoms with E-state index in [0.29, 0.717) is 24.4 Å². The maximum absolute atomic E-state index is 14.1. The topological polar surface area (TPSA) is 74.2 Å². The van der Waals surface area contributed by atoms with Gasteiger partial charge in [0.25, 0.3) is 11.8 Å². The molecule has 6 nitrogen and oxygen atoms in total. The third-order valence-electron chi connectivity index (χ3n) is 4.43. The number of ether oxygens (including phenoxy) is 1. The summed E-state index contributed by atoms with van der Waals surface area (Å²) < 4.78 is 44.2. The van der Waals surface area contributed by atoms with Crippen LogP contribution in [0.1, 0.15) is 45.3 Å². The van der Waals surface area contributed by atoms with Crippen molar-refractivity contribution >= 4 is 0 Å². The number of fused-ring (bicyclic) bond motifs is 1. The molecule has 8 heteroatoms. The van der Waals surface area contributed by atoms with Crippen molar-refractivity contribution in [1.82, 2.24) is 15.1 Å². The highest BCUT2D eigenvalue weighted by molar-refractivity contribution is 5.45. The Morgan fingerprint density at radius 3 is 2.70 bits per heavy atom. The van der Waals surface area contributed by atoms with Crippen LogP contribution in [0.25, 0.3) is 11.6 Å². The number of rotatable bonds is 2. The van der Waals surface area contributed by atoms with Gasteiger partial charge in [0.1, 0.15) is 6.26 Å². The summed E-state index contributed by atoms with van der Waals surface area (Å²) in [5, 5.41) is 3.72. The predicted molar refractivity (Wildman–Crippen MR) is 73.8 cm³/mol. The number of halogens is 2. The Bertz CT molecular complexity index is 749. The quantitative estimate of drug-likeness (QED) is 0.843. The highest BCUT2D eigenvalue weighted by atomic mass is 19.3. The van der Waals surface area contributed by atoms with E-state index in [-0.39, 0.29) is 23.7 Å². The lowest BCUT2D eigenvalue weighted by Crippen LogP contribution is -2.25. The molecule has 4 rings (SSSR count). The van der Waals surface area contributed by atoms with E-state index in [0.717, 1.165) is 0 Å². The Kier molecular flexibility index (Phi) is 2.80. The molecule has 0 spiro atoms. The van der Waals surface area contributed by atoms with Crippen molar-refractivity contribution < 1.29 is 22.5 Å². The smallest absolute Gasteiger partial charge is 0.290 e. The number of oxazole rings is 1. The van der Waals surface area contributed by atoms with Crippen LogP contribution in [0.15, 0.2) is 15.2 Å². The molecule has 23 heavy (non-hydrogen) atoms. The van der Waals surface area contributed by atoms with Gasteiger partial charge in [-0.25, -0.2) is 13.8 Å². The van der Waals surface area contributed by atoms with Gasteiger partial charge in [0, 0.05) is 12.0 Å². The minimum absolute atomic E-state index is 0.0595. The van der Waals surface area contributed by atoms with Crippen molar-refractivity contribution in [3.63, 3.8) is 0 Å². The summed E-state index contributed by atoms with van der Waals surface area (Å²) >= 11 is 0. The Balaban J connectivity index is 1.67. The zero-order valence-electron chi connectivity index (χ0n) is 13.1. The van der Waals surface area contributed by atoms with E-state index in [9.17, 15) is 8.78 Å². The molecule has 0 radical (unpaired) electrons. The monoisotopic (exact) mass is 325 g/mol. The van der Waals surface area contributed by atoms with Crippen LogP contribution < -0.4 is 0 Å². The van der Waals surface area contributed by atoms with Crippen LogP contribution in [0.3, 0.4) is 0 Å². The van der Waals surface area contributed by atoms with Crippen LogP contribution in [-0.4, -0.2) is 27.7 Å². The van der Waals surface area contributed by atoms with Gasteiger partial charge in [-0.3, -0.25) is 0 Å². The molecule has 3 heterocycles. The fraction of sp³-hybridized carbons (Fsp3) is 0.667. The zero-order valence-corrected chi connectivity index (χ0v) is 13.1. The fourth-order valence-corrected chi connectivity index (χ4v) is 3.11. The first-order valence-corrected chi connectivity index (χ1v) is 7.59. The first kappa shape index (κ1) is 14.7. The van der Waals surface area contributed by atoms with E-state index >= 15 is 0 Å². The van der Waals surface area contributed by atoms with Crippen LogP contribution in [0.4, 0.5) is 8.78 Å². The molecular weight excluding hydrogens is 308 g/mol. The summed E-state index contributed by atoms with van der Waals surface area (Å²) in [6.45, 7) is 6.12. The van der Waals surface area contributed by atoms with Crippen LogP contribution in [-0.2, 0) is 15.8 Å². The van der Waals surface area contributed by atoms with Gasteiger partial charge in [-0.2, -0.15) is 4.98 Å². The molecule has 2 aliphatic rings. The van der Waals surface area contributed by atoms with Gasteiger partial charge in [-0.05, 0) is 12.8 Å². The number of hydrogen-bond acceptors (Lipinski definition) is 6. The van der Waals surface area contributed by atoms with Crippen LogP contribution in [0, 0.1) is 5.92 Å². The summed E-state index contributed by atoms with van der Waals surface area (Å²) in [6.07, 6.45) is 2.40. The van der Waals surface area contributed by atoms with Crippen molar-refractivity contribution in [2.24, 2.45) is 5.92 Å². The summed E-state index contributed by atoms with van der Waals surface area (Å²) in [5.41, 5.74) is -1.67. The van der Waals surface area contributed by atoms with Crippen molar-refractivity contribution in [1.29, 1.82) is 0 Å². The van der Waals surface area contributed by atoms with Gasteiger partial charge in [-0.15, -0.1) is 0 Å². The summed E-state index contributed by atoms with van der Waals surface area (Å²) in [7, 11) is 0. The van der Waals surface area contributed by atoms with Gasteiger partial charge < -0.3 is 13.7 Å². The molecule has 0 bridgehead atoms. The second-order valence-corrected chi connectivity index (χ2v) is 7.11. The highest BCUT2D eigenvalue weighted by Crippen LogP contribution is 2.69. The van der Waals surface area contributed by atoms with Crippen molar-refractivity contribution in [2.45, 2.75) is 50.6 Å². The lowest BCUT2D eigenvalue weighted by molar-refractivity contribution is -0.0704. The van der Waals surface area contributed by atoms with Gasteiger partial charge in [0.2, 0.25) is 11.4 Å². The number of alkyl halides is 2. The first-order chi connectivity index (χ1) is 10.8. The molecule has 0 N–H and O–H groups in total. The Morgan fingerprint density at radius 2 is 2.04 bits per heavy atom. The second-order valence-electron chi connectivity index (χ2n) is 7.11. The molecule has 1 aliphatic heterocycles. The maximum Gasteiger partial charge on any atom is 0.290 e. The summed E-state index contributed by atoms with van der Waals surface area (Å²) in [4.78, 5) is 8.40. The third-order valence-corrected chi connectivity index (χ3v) is 4.43. The lowest BCUT2D eigenvalue weighted by atomic mass is 9.97. The average molecular weight is 325 g/mol. The van der Waals surface area contributed by atoms with Gasteiger partial charge in [-0.1, -0.05) is 25.9 Å². The zero-order chi connectivity index (χ0) is 16.5. The van der Waals surface area contributed by atoms with E-state index in [1.54, 1.807) is 0 Å². The average Bonchev–Trinajstić information content (AvgIpc) is 2.98. The number of aromatic nitrogens is 3. The molecule has 2 atom stereocenters. The number of nitrogens with zero attached hydrogens (tertiary/aromatic N) is 3. The Labute approximate surface area is 131 Å². The third kappa shape index (κ3) is 1.90. The van der Waals surface area contributed by atoms with E-state index in [1.165, 1.54) is 6.26 Å². The molecular formula is C15H17F2N3O3. The van der Waals surface area contributed by atoms with E-state index in [1.807, 2.05) is 20.8 Å². The minimum Gasteiger partial charge on any atom is -0.448 e. The molecule has 0 amide bonds. The Morgan fingerprint density at radius 1 is 1.26 bits per heavy atom. The van der Waals surface area contributed by atoms with Crippen LogP contribution in [0.2, 0.25) is 0 Å². The molecule has 1 aliphatic carbocycles. The van der Waals surface area contributed by atoms with Gasteiger partial charge in [0.15, 0.2) is 11.6 Å². The molecule has 1 saturated heterocycles. The molecule has 2 fully saturated rings. The van der Waals surface area contributed by atoms with Crippen LogP contribution >= 0.6 is 0 Å². The molecule has 2 aromatic rings. The predicted octanol–water partition coefficient (Wildman–Crippen LogP) is 3.29. The van der Waals surface area contributed by atoms with Crippen molar-refractivity contribution in [3.8, 4) is 11.6 Å². The SMILES string of the molecule is CC(C)(C)c1nc(-c2nc(C34OCCCC3C4(F)F)no2)co1. The van der Waals surface area contributed by atoms with Crippen LogP contribution in [0.5, 0.6) is 0 Å². The molecule has 124 valence electrons. The Hall–Kier alpha value is -1.83. The van der Waals surface area contributed by atoms with E-state index in [2.05, 4.69) is 15.1 Å². The largest absolute Gasteiger partial charge is 0.448 e. The molecule has 2 unspecified atom stereocenters. The van der Waals surface area contributed by atoms with Crippen molar-refractivity contribution in [3.05, 3.63) is 18.0 Å². The molecule has 0 aromatic carbocycles. The van der Waals surface area contributed by atoms with Crippen molar-refractivity contribution in [2.75, 3.05) is 6.61 Å². The van der Waals surface area contributed by atoms with E-state index < -0.39 is 17.4 Å². The fourth-order valence-electron chi connectivity index (χ4n) is 3.11. The normalized spacial score (nSPS) is 29.3. The summed E-state index contributed by atoms with van der Waals surface area (Å²) in [5.74, 6) is -3.37. The molecule has 1 saturated carbocycles. The minimum atomic E-state index is -2.95. The van der Waals surface area contributed by atoms with Gasteiger partial charge in [0.05, 0.1) is 5.92 Å². The lowest BCUT2D eigenvalue weighted by Gasteiger charge is -2.17.